The van der Waals surface area contributed by atoms with Gasteiger partial charge in [0.1, 0.15) is 6.10 Å². The second kappa shape index (κ2) is 5.05. The van der Waals surface area contributed by atoms with Crippen LogP contribution in [0.3, 0.4) is 0 Å². The molecule has 3 rings (SSSR count). The standard InChI is InChI=1S/C14H20N2O/c1-2-5-11(4-1)13-6-3-7-14(16-13)17-12-8-9-15-10-12/h3,6-7,11-12,15H,1-2,4-5,8-10H2. The molecule has 1 aromatic heterocycles. The lowest BCUT2D eigenvalue weighted by molar-refractivity contribution is 0.213. The predicted octanol–water partition coefficient (Wildman–Crippen LogP) is 2.48. The fourth-order valence-electron chi connectivity index (χ4n) is 2.84. The average Bonchev–Trinajstić information content (AvgIpc) is 3.01. The van der Waals surface area contributed by atoms with Crippen LogP contribution in [0.5, 0.6) is 5.88 Å². The topological polar surface area (TPSA) is 34.1 Å². The van der Waals surface area contributed by atoms with E-state index in [0.717, 1.165) is 25.4 Å². The Labute approximate surface area is 103 Å². The van der Waals surface area contributed by atoms with Gasteiger partial charge in [0, 0.05) is 24.2 Å². The van der Waals surface area contributed by atoms with Crippen LogP contribution in [0.15, 0.2) is 18.2 Å². The van der Waals surface area contributed by atoms with Gasteiger partial charge in [0.05, 0.1) is 0 Å². The first-order chi connectivity index (χ1) is 8.42. The summed E-state index contributed by atoms with van der Waals surface area (Å²) in [7, 11) is 0. The summed E-state index contributed by atoms with van der Waals surface area (Å²) in [6.45, 7) is 2.02. The van der Waals surface area contributed by atoms with Crippen LogP contribution in [0.2, 0.25) is 0 Å². The van der Waals surface area contributed by atoms with Crippen molar-refractivity contribution >= 4 is 0 Å². The summed E-state index contributed by atoms with van der Waals surface area (Å²) in [6, 6.07) is 6.21. The van der Waals surface area contributed by atoms with Gasteiger partial charge in [0.15, 0.2) is 0 Å². The number of ether oxygens (including phenoxy) is 1. The second-order valence-corrected chi connectivity index (χ2v) is 5.11. The van der Waals surface area contributed by atoms with E-state index in [2.05, 4.69) is 22.4 Å². The molecule has 1 aliphatic carbocycles. The van der Waals surface area contributed by atoms with Crippen LogP contribution in [-0.2, 0) is 0 Å². The molecule has 1 aliphatic heterocycles. The van der Waals surface area contributed by atoms with Gasteiger partial charge in [0.25, 0.3) is 0 Å². The molecule has 1 unspecified atom stereocenters. The number of hydrogen-bond donors (Lipinski definition) is 1. The van der Waals surface area contributed by atoms with Crippen molar-refractivity contribution in [2.24, 2.45) is 0 Å². The lowest BCUT2D eigenvalue weighted by Gasteiger charge is -2.14. The molecule has 1 saturated carbocycles. The fraction of sp³-hybridized carbons (Fsp3) is 0.643. The van der Waals surface area contributed by atoms with E-state index in [0.29, 0.717) is 12.0 Å². The van der Waals surface area contributed by atoms with Crippen LogP contribution in [0, 0.1) is 0 Å². The summed E-state index contributed by atoms with van der Waals surface area (Å²) in [6.07, 6.45) is 6.69. The van der Waals surface area contributed by atoms with Gasteiger partial charge in [-0.3, -0.25) is 0 Å². The molecule has 3 nitrogen and oxygen atoms in total. The third-order valence-corrected chi connectivity index (χ3v) is 3.82. The van der Waals surface area contributed by atoms with Crippen molar-refractivity contribution in [3.8, 4) is 5.88 Å². The zero-order valence-corrected chi connectivity index (χ0v) is 10.2. The maximum atomic E-state index is 5.90. The molecule has 1 saturated heterocycles. The molecule has 2 fully saturated rings. The van der Waals surface area contributed by atoms with Crippen LogP contribution < -0.4 is 10.1 Å². The molecule has 0 bridgehead atoms. The van der Waals surface area contributed by atoms with E-state index in [1.165, 1.54) is 31.4 Å². The van der Waals surface area contributed by atoms with E-state index in [9.17, 15) is 0 Å². The van der Waals surface area contributed by atoms with E-state index in [4.69, 9.17) is 4.74 Å². The number of nitrogens with one attached hydrogen (secondary N) is 1. The molecule has 1 atom stereocenters. The van der Waals surface area contributed by atoms with E-state index in [1.807, 2.05) is 6.07 Å². The summed E-state index contributed by atoms with van der Waals surface area (Å²) in [5, 5.41) is 3.31. The Bertz CT molecular complexity index is 368. The normalized spacial score (nSPS) is 25.3. The Morgan fingerprint density at radius 1 is 1.18 bits per heavy atom. The highest BCUT2D eigenvalue weighted by atomic mass is 16.5. The monoisotopic (exact) mass is 232 g/mol. The average molecular weight is 232 g/mol. The van der Waals surface area contributed by atoms with Crippen molar-refractivity contribution in [1.82, 2.24) is 10.3 Å². The third-order valence-electron chi connectivity index (χ3n) is 3.82. The molecule has 92 valence electrons. The molecule has 0 amide bonds. The highest BCUT2D eigenvalue weighted by molar-refractivity contribution is 5.19. The highest BCUT2D eigenvalue weighted by Gasteiger charge is 2.20. The van der Waals surface area contributed by atoms with Gasteiger partial charge in [-0.1, -0.05) is 18.9 Å². The SMILES string of the molecule is c1cc(OC2CCNC2)nc(C2CCCC2)c1. The number of nitrogens with zero attached hydrogens (tertiary/aromatic N) is 1. The second-order valence-electron chi connectivity index (χ2n) is 5.11. The van der Waals surface area contributed by atoms with Crippen LogP contribution in [-0.4, -0.2) is 24.2 Å². The number of aromatic nitrogens is 1. The van der Waals surface area contributed by atoms with Gasteiger partial charge >= 0.3 is 0 Å². The maximum absolute atomic E-state index is 5.90. The van der Waals surface area contributed by atoms with Gasteiger partial charge in [-0.2, -0.15) is 0 Å². The molecule has 0 spiro atoms. The van der Waals surface area contributed by atoms with Crippen LogP contribution in [0.25, 0.3) is 0 Å². The van der Waals surface area contributed by atoms with Crippen molar-refractivity contribution in [2.45, 2.75) is 44.1 Å². The number of rotatable bonds is 3. The predicted molar refractivity (Wildman–Crippen MR) is 67.3 cm³/mol. The molecule has 0 radical (unpaired) electrons. The molecule has 1 N–H and O–H groups in total. The van der Waals surface area contributed by atoms with Crippen molar-refractivity contribution in [2.75, 3.05) is 13.1 Å². The smallest absolute Gasteiger partial charge is 0.213 e. The van der Waals surface area contributed by atoms with Crippen LogP contribution in [0.1, 0.15) is 43.7 Å². The van der Waals surface area contributed by atoms with Crippen molar-refractivity contribution in [3.63, 3.8) is 0 Å². The largest absolute Gasteiger partial charge is 0.473 e. The quantitative estimate of drug-likeness (QED) is 0.869. The Morgan fingerprint density at radius 2 is 2.06 bits per heavy atom. The summed E-state index contributed by atoms with van der Waals surface area (Å²) in [5.41, 5.74) is 1.23. The summed E-state index contributed by atoms with van der Waals surface area (Å²) >= 11 is 0. The van der Waals surface area contributed by atoms with E-state index in [1.54, 1.807) is 0 Å². The van der Waals surface area contributed by atoms with Crippen LogP contribution >= 0.6 is 0 Å². The minimum absolute atomic E-state index is 0.307. The summed E-state index contributed by atoms with van der Waals surface area (Å²) in [5.74, 6) is 1.48. The molecule has 2 aliphatic rings. The Morgan fingerprint density at radius 3 is 2.82 bits per heavy atom. The molecule has 1 aromatic rings. The molecule has 2 heterocycles. The first-order valence-corrected chi connectivity index (χ1v) is 6.76. The van der Waals surface area contributed by atoms with E-state index >= 15 is 0 Å². The molecule has 0 aromatic carbocycles. The van der Waals surface area contributed by atoms with Gasteiger partial charge in [-0.25, -0.2) is 4.98 Å². The van der Waals surface area contributed by atoms with E-state index in [-0.39, 0.29) is 0 Å². The summed E-state index contributed by atoms with van der Waals surface area (Å²) in [4.78, 5) is 4.67. The number of pyridine rings is 1. The molecule has 3 heteroatoms. The molecular formula is C14H20N2O. The van der Waals surface area contributed by atoms with Crippen LogP contribution in [0.4, 0.5) is 0 Å². The maximum Gasteiger partial charge on any atom is 0.213 e. The minimum atomic E-state index is 0.307. The Balaban J connectivity index is 1.69. The first kappa shape index (κ1) is 11.0. The van der Waals surface area contributed by atoms with Crippen molar-refractivity contribution < 1.29 is 4.74 Å². The molecular weight excluding hydrogens is 212 g/mol. The molecule has 17 heavy (non-hydrogen) atoms. The minimum Gasteiger partial charge on any atom is -0.473 e. The van der Waals surface area contributed by atoms with Gasteiger partial charge in [-0.15, -0.1) is 0 Å². The summed E-state index contributed by atoms with van der Waals surface area (Å²) < 4.78 is 5.90. The third kappa shape index (κ3) is 2.60. The zero-order chi connectivity index (χ0) is 11.5. The lowest BCUT2D eigenvalue weighted by Crippen LogP contribution is -2.20. The van der Waals surface area contributed by atoms with E-state index < -0.39 is 0 Å². The van der Waals surface area contributed by atoms with Crippen molar-refractivity contribution in [1.29, 1.82) is 0 Å². The van der Waals surface area contributed by atoms with Gasteiger partial charge < -0.3 is 10.1 Å². The number of hydrogen-bond acceptors (Lipinski definition) is 3. The highest BCUT2D eigenvalue weighted by Crippen LogP contribution is 2.33. The Kier molecular flexibility index (Phi) is 3.27. The van der Waals surface area contributed by atoms with Gasteiger partial charge in [0.2, 0.25) is 5.88 Å². The fourth-order valence-corrected chi connectivity index (χ4v) is 2.84. The lowest BCUT2D eigenvalue weighted by atomic mass is 10.0. The Hall–Kier alpha value is -1.09. The van der Waals surface area contributed by atoms with Gasteiger partial charge in [-0.05, 0) is 31.9 Å². The zero-order valence-electron chi connectivity index (χ0n) is 10.2. The first-order valence-electron chi connectivity index (χ1n) is 6.76. The van der Waals surface area contributed by atoms with Crippen molar-refractivity contribution in [3.05, 3.63) is 23.9 Å².